The predicted octanol–water partition coefficient (Wildman–Crippen LogP) is 6.52. The number of carbonyl (C=O) groups excluding carboxylic acids is 1. The highest BCUT2D eigenvalue weighted by molar-refractivity contribution is 6.34. The molecule has 3 heterocycles. The Bertz CT molecular complexity index is 1370. The van der Waals surface area contributed by atoms with E-state index in [1.807, 2.05) is 37.3 Å². The molecule has 8 heteroatoms. The van der Waals surface area contributed by atoms with E-state index in [4.69, 9.17) is 32.4 Å². The number of halogens is 2. The summed E-state index contributed by atoms with van der Waals surface area (Å²) in [5.74, 6) is 1.01. The van der Waals surface area contributed by atoms with Crippen molar-refractivity contribution >= 4 is 45.7 Å². The molecule has 0 bridgehead atoms. The number of amides is 1. The fraction of sp³-hybridized carbons (Fsp3) is 0.160. The Kier molecular flexibility index (Phi) is 5.79. The summed E-state index contributed by atoms with van der Waals surface area (Å²) in [5.41, 5.74) is 2.42. The van der Waals surface area contributed by atoms with Crippen LogP contribution in [0.2, 0.25) is 10.2 Å². The Morgan fingerprint density at radius 3 is 2.76 bits per heavy atom. The van der Waals surface area contributed by atoms with Crippen LogP contribution in [-0.4, -0.2) is 28.2 Å². The summed E-state index contributed by atoms with van der Waals surface area (Å²) < 4.78 is 11.2. The van der Waals surface area contributed by atoms with Gasteiger partial charge in [-0.15, -0.1) is 0 Å². The molecule has 0 fully saturated rings. The van der Waals surface area contributed by atoms with Gasteiger partial charge >= 0.3 is 0 Å². The first-order valence-electron chi connectivity index (χ1n) is 10.5. The van der Waals surface area contributed by atoms with Crippen LogP contribution < -0.4 is 4.74 Å². The van der Waals surface area contributed by atoms with Crippen LogP contribution in [-0.2, 0) is 0 Å². The third-order valence-electron chi connectivity index (χ3n) is 5.47. The van der Waals surface area contributed by atoms with Gasteiger partial charge in [0.2, 0.25) is 0 Å². The van der Waals surface area contributed by atoms with Crippen molar-refractivity contribution in [3.05, 3.63) is 94.0 Å². The molecular weight excluding hydrogens is 461 g/mol. The molecule has 0 radical (unpaired) electrons. The molecule has 1 aliphatic rings. The predicted molar refractivity (Wildman–Crippen MR) is 128 cm³/mol. The first-order chi connectivity index (χ1) is 16.0. The monoisotopic (exact) mass is 479 g/mol. The summed E-state index contributed by atoms with van der Waals surface area (Å²) in [6, 6.07) is 17.6. The van der Waals surface area contributed by atoms with E-state index in [1.165, 1.54) is 5.01 Å². The largest absolute Gasteiger partial charge is 0.494 e. The van der Waals surface area contributed by atoms with Gasteiger partial charge in [-0.2, -0.15) is 5.10 Å². The van der Waals surface area contributed by atoms with Crippen molar-refractivity contribution in [3.8, 4) is 5.75 Å². The minimum absolute atomic E-state index is 0.310. The highest BCUT2D eigenvalue weighted by Gasteiger charge is 2.36. The Morgan fingerprint density at radius 2 is 2.00 bits per heavy atom. The second-order valence-corrected chi connectivity index (χ2v) is 8.29. The van der Waals surface area contributed by atoms with Crippen LogP contribution in [0, 0.1) is 0 Å². The third-order valence-corrected chi connectivity index (χ3v) is 6.10. The lowest BCUT2D eigenvalue weighted by molar-refractivity contribution is 0.0711. The van der Waals surface area contributed by atoms with Crippen LogP contribution in [0.4, 0.5) is 0 Å². The number of aromatic nitrogens is 1. The van der Waals surface area contributed by atoms with Crippen molar-refractivity contribution in [2.45, 2.75) is 19.4 Å². The van der Waals surface area contributed by atoms with Gasteiger partial charge in [-0.1, -0.05) is 35.3 Å². The summed E-state index contributed by atoms with van der Waals surface area (Å²) >= 11 is 12.9. The van der Waals surface area contributed by atoms with Crippen molar-refractivity contribution in [2.24, 2.45) is 5.10 Å². The standard InChI is InChI=1S/C25H19Cl2N3O3/c1-2-32-16-9-10-20-15(12-16)13-18(24(27)28-20)22-14-21(23-8-5-11-33-23)29-30(22)25(31)17-6-3-4-7-19(17)26/h3-13,22H,2,14H2,1H3. The first-order valence-corrected chi connectivity index (χ1v) is 11.2. The number of nitrogens with zero attached hydrogens (tertiary/aromatic N) is 3. The number of fused-ring (bicyclic) bond motifs is 1. The Labute approximate surface area is 200 Å². The number of hydrazone groups is 1. The average Bonchev–Trinajstić information content (AvgIpc) is 3.49. The molecule has 33 heavy (non-hydrogen) atoms. The third kappa shape index (κ3) is 4.08. The van der Waals surface area contributed by atoms with E-state index >= 15 is 0 Å². The second-order valence-electron chi connectivity index (χ2n) is 7.53. The lowest BCUT2D eigenvalue weighted by Gasteiger charge is -2.23. The minimum atomic E-state index is -0.478. The number of rotatable bonds is 5. The number of hydrogen-bond acceptors (Lipinski definition) is 5. The zero-order valence-corrected chi connectivity index (χ0v) is 19.2. The normalized spacial score (nSPS) is 15.7. The van der Waals surface area contributed by atoms with E-state index in [0.717, 1.165) is 16.7 Å². The molecule has 0 N–H and O–H groups in total. The van der Waals surface area contributed by atoms with E-state index in [1.54, 1.807) is 36.6 Å². The Morgan fingerprint density at radius 1 is 1.15 bits per heavy atom. The van der Waals surface area contributed by atoms with E-state index in [2.05, 4.69) is 10.1 Å². The molecule has 166 valence electrons. The summed E-state index contributed by atoms with van der Waals surface area (Å²) in [5, 5.41) is 7.55. The Balaban J connectivity index is 1.60. The van der Waals surface area contributed by atoms with Gasteiger partial charge in [0, 0.05) is 17.4 Å². The molecular formula is C25H19Cl2N3O3. The smallest absolute Gasteiger partial charge is 0.276 e. The van der Waals surface area contributed by atoms with E-state index in [0.29, 0.717) is 45.8 Å². The lowest BCUT2D eigenvalue weighted by atomic mass is 10.00. The molecule has 1 atom stereocenters. The number of carbonyl (C=O) groups is 1. The maximum Gasteiger partial charge on any atom is 0.276 e. The fourth-order valence-electron chi connectivity index (χ4n) is 3.93. The SMILES string of the molecule is CCOc1ccc2nc(Cl)c(C3CC(c4ccco4)=NN3C(=O)c3ccccc3Cl)cc2c1. The fourth-order valence-corrected chi connectivity index (χ4v) is 4.42. The quantitative estimate of drug-likeness (QED) is 0.305. The Hall–Kier alpha value is -3.35. The van der Waals surface area contributed by atoms with Gasteiger partial charge in [0.05, 0.1) is 35.0 Å². The summed E-state index contributed by atoms with van der Waals surface area (Å²) in [6.45, 7) is 2.49. The van der Waals surface area contributed by atoms with Crippen molar-refractivity contribution in [2.75, 3.05) is 6.61 Å². The van der Waals surface area contributed by atoms with Gasteiger partial charge in [-0.05, 0) is 55.5 Å². The van der Waals surface area contributed by atoms with E-state index in [-0.39, 0.29) is 5.91 Å². The van der Waals surface area contributed by atoms with Gasteiger partial charge in [0.1, 0.15) is 22.4 Å². The highest BCUT2D eigenvalue weighted by Crippen LogP contribution is 2.39. The van der Waals surface area contributed by atoms with Crippen LogP contribution in [0.15, 0.2) is 76.4 Å². The van der Waals surface area contributed by atoms with E-state index in [9.17, 15) is 4.79 Å². The molecule has 1 unspecified atom stereocenters. The van der Waals surface area contributed by atoms with Crippen molar-refractivity contribution < 1.29 is 13.9 Å². The van der Waals surface area contributed by atoms with Crippen LogP contribution in [0.1, 0.15) is 41.1 Å². The zero-order chi connectivity index (χ0) is 22.9. The molecule has 1 amide bonds. The van der Waals surface area contributed by atoms with Crippen molar-refractivity contribution in [1.29, 1.82) is 0 Å². The topological polar surface area (TPSA) is 67.9 Å². The molecule has 2 aromatic carbocycles. The van der Waals surface area contributed by atoms with Gasteiger partial charge in [-0.3, -0.25) is 4.79 Å². The first kappa shape index (κ1) is 21.5. The minimum Gasteiger partial charge on any atom is -0.494 e. The van der Waals surface area contributed by atoms with Crippen molar-refractivity contribution in [3.63, 3.8) is 0 Å². The van der Waals surface area contributed by atoms with E-state index < -0.39 is 6.04 Å². The molecule has 2 aromatic heterocycles. The van der Waals surface area contributed by atoms with Crippen molar-refractivity contribution in [1.82, 2.24) is 9.99 Å². The number of ether oxygens (including phenoxy) is 1. The lowest BCUT2D eigenvalue weighted by Crippen LogP contribution is -2.27. The highest BCUT2D eigenvalue weighted by atomic mass is 35.5. The summed E-state index contributed by atoms with van der Waals surface area (Å²) in [4.78, 5) is 18.1. The van der Waals surface area contributed by atoms with Gasteiger partial charge in [0.15, 0.2) is 0 Å². The van der Waals surface area contributed by atoms with Gasteiger partial charge < -0.3 is 9.15 Å². The molecule has 1 aliphatic heterocycles. The maximum absolute atomic E-state index is 13.5. The number of pyridine rings is 1. The molecule has 0 spiro atoms. The number of benzene rings is 2. The van der Waals surface area contributed by atoms with Crippen LogP contribution in [0.3, 0.4) is 0 Å². The maximum atomic E-state index is 13.5. The molecule has 4 aromatic rings. The summed E-state index contributed by atoms with van der Waals surface area (Å²) in [7, 11) is 0. The second kappa shape index (κ2) is 8.89. The number of furan rings is 1. The molecule has 0 saturated heterocycles. The van der Waals surface area contributed by atoms with Crippen LogP contribution in [0.5, 0.6) is 5.75 Å². The average molecular weight is 480 g/mol. The van der Waals surface area contributed by atoms with Gasteiger partial charge in [0.25, 0.3) is 5.91 Å². The zero-order valence-electron chi connectivity index (χ0n) is 17.7. The molecule has 0 aliphatic carbocycles. The summed E-state index contributed by atoms with van der Waals surface area (Å²) in [6.07, 6.45) is 1.99. The van der Waals surface area contributed by atoms with Gasteiger partial charge in [-0.25, -0.2) is 9.99 Å². The molecule has 6 nitrogen and oxygen atoms in total. The molecule has 5 rings (SSSR count). The number of hydrogen-bond donors (Lipinski definition) is 0. The molecule has 0 saturated carbocycles. The van der Waals surface area contributed by atoms with Crippen LogP contribution >= 0.6 is 23.2 Å². The van der Waals surface area contributed by atoms with Crippen LogP contribution in [0.25, 0.3) is 10.9 Å².